The minimum absolute atomic E-state index is 0.0772. The smallest absolute Gasteiger partial charge is 0.234 e. The fourth-order valence-electron chi connectivity index (χ4n) is 2.75. The van der Waals surface area contributed by atoms with Crippen LogP contribution in [-0.2, 0) is 11.2 Å². The number of aromatic hydroxyl groups is 1. The van der Waals surface area contributed by atoms with Gasteiger partial charge in [0, 0.05) is 12.6 Å². The van der Waals surface area contributed by atoms with Crippen LogP contribution >= 0.6 is 0 Å². The van der Waals surface area contributed by atoms with Gasteiger partial charge in [-0.05, 0) is 49.1 Å². The van der Waals surface area contributed by atoms with E-state index in [4.69, 9.17) is 0 Å². The lowest BCUT2D eigenvalue weighted by atomic mass is 10.1. The van der Waals surface area contributed by atoms with E-state index in [0.717, 1.165) is 19.4 Å². The number of benzene rings is 1. The number of carbonyl (C=O) groups excluding carboxylic acids is 1. The molecule has 4 nitrogen and oxygen atoms in total. The van der Waals surface area contributed by atoms with Crippen LogP contribution in [0.5, 0.6) is 5.75 Å². The Labute approximate surface area is 120 Å². The topological polar surface area (TPSA) is 52.6 Å². The van der Waals surface area contributed by atoms with Crippen molar-refractivity contribution in [2.75, 3.05) is 20.1 Å². The summed E-state index contributed by atoms with van der Waals surface area (Å²) >= 11 is 0. The summed E-state index contributed by atoms with van der Waals surface area (Å²) in [6.07, 6.45) is 1.97. The van der Waals surface area contributed by atoms with Crippen LogP contribution in [0, 0.1) is 5.92 Å². The lowest BCUT2D eigenvalue weighted by molar-refractivity contribution is -0.122. The average molecular weight is 276 g/mol. The first-order valence-electron chi connectivity index (χ1n) is 7.26. The molecular weight excluding hydrogens is 252 g/mol. The van der Waals surface area contributed by atoms with Gasteiger partial charge in [0.1, 0.15) is 5.75 Å². The van der Waals surface area contributed by atoms with Gasteiger partial charge in [-0.2, -0.15) is 0 Å². The lowest BCUT2D eigenvalue weighted by Gasteiger charge is -2.24. The predicted octanol–water partition coefficient (Wildman–Crippen LogP) is 2.08. The van der Waals surface area contributed by atoms with E-state index < -0.39 is 0 Å². The number of nitrogens with one attached hydrogen (secondary N) is 1. The molecule has 2 N–H and O–H groups in total. The molecule has 0 heterocycles. The molecule has 0 fully saturated rings. The van der Waals surface area contributed by atoms with Crippen LogP contribution in [0.4, 0.5) is 0 Å². The average Bonchev–Trinajstić information content (AvgIpc) is 2.79. The van der Waals surface area contributed by atoms with E-state index in [1.54, 1.807) is 6.07 Å². The SMILES string of the molecule is CC(C)CNC(=O)CN(C)C1CCc2cc(O)ccc21. The van der Waals surface area contributed by atoms with Crippen molar-refractivity contribution in [3.8, 4) is 5.75 Å². The molecule has 1 aliphatic rings. The molecule has 1 aliphatic carbocycles. The molecule has 2 rings (SSSR count). The van der Waals surface area contributed by atoms with Crippen LogP contribution in [-0.4, -0.2) is 36.1 Å². The second-order valence-corrected chi connectivity index (χ2v) is 6.05. The molecule has 0 saturated carbocycles. The maximum atomic E-state index is 11.9. The number of hydrogen-bond acceptors (Lipinski definition) is 3. The molecule has 1 aromatic rings. The Bertz CT molecular complexity index is 485. The monoisotopic (exact) mass is 276 g/mol. The van der Waals surface area contributed by atoms with E-state index in [9.17, 15) is 9.90 Å². The lowest BCUT2D eigenvalue weighted by Crippen LogP contribution is -2.38. The van der Waals surface area contributed by atoms with Crippen LogP contribution < -0.4 is 5.32 Å². The molecule has 0 spiro atoms. The first-order valence-corrected chi connectivity index (χ1v) is 7.26. The molecule has 4 heteroatoms. The van der Waals surface area contributed by atoms with Crippen molar-refractivity contribution in [2.24, 2.45) is 5.92 Å². The Morgan fingerprint density at radius 3 is 2.95 bits per heavy atom. The van der Waals surface area contributed by atoms with Crippen molar-refractivity contribution in [1.29, 1.82) is 0 Å². The third-order valence-electron chi connectivity index (χ3n) is 3.81. The molecule has 1 aromatic carbocycles. The largest absolute Gasteiger partial charge is 0.508 e. The summed E-state index contributed by atoms with van der Waals surface area (Å²) in [5.41, 5.74) is 2.44. The Balaban J connectivity index is 1.95. The number of nitrogens with zero attached hydrogens (tertiary/aromatic N) is 1. The van der Waals surface area contributed by atoms with Gasteiger partial charge in [-0.15, -0.1) is 0 Å². The molecule has 1 atom stereocenters. The summed E-state index contributed by atoms with van der Waals surface area (Å²) in [6, 6.07) is 5.81. The normalized spacial score (nSPS) is 17.6. The summed E-state index contributed by atoms with van der Waals surface area (Å²) in [4.78, 5) is 14.0. The fourth-order valence-corrected chi connectivity index (χ4v) is 2.75. The number of amides is 1. The summed E-state index contributed by atoms with van der Waals surface area (Å²) in [5, 5.41) is 12.5. The Morgan fingerprint density at radius 1 is 1.50 bits per heavy atom. The van der Waals surface area contributed by atoms with Crippen molar-refractivity contribution >= 4 is 5.91 Å². The second-order valence-electron chi connectivity index (χ2n) is 6.05. The zero-order valence-electron chi connectivity index (χ0n) is 12.5. The van der Waals surface area contributed by atoms with Crippen LogP contribution in [0.3, 0.4) is 0 Å². The van der Waals surface area contributed by atoms with Gasteiger partial charge in [0.05, 0.1) is 6.54 Å². The standard InChI is InChI=1S/C16H24N2O2/c1-11(2)9-17-16(20)10-18(3)15-7-4-12-8-13(19)5-6-14(12)15/h5-6,8,11,15,19H,4,7,9-10H2,1-3H3,(H,17,20). The Morgan fingerprint density at radius 2 is 2.25 bits per heavy atom. The molecule has 1 amide bonds. The van der Waals surface area contributed by atoms with Crippen LogP contribution in [0.1, 0.15) is 37.4 Å². The predicted molar refractivity (Wildman–Crippen MR) is 79.6 cm³/mol. The van der Waals surface area contributed by atoms with Crippen LogP contribution in [0.15, 0.2) is 18.2 Å². The van der Waals surface area contributed by atoms with E-state index in [0.29, 0.717) is 18.2 Å². The number of phenolic OH excluding ortho intramolecular Hbond substituents is 1. The van der Waals surface area contributed by atoms with E-state index in [1.807, 2.05) is 19.2 Å². The number of rotatable bonds is 5. The third kappa shape index (κ3) is 3.51. The van der Waals surface area contributed by atoms with Gasteiger partial charge in [0.2, 0.25) is 5.91 Å². The summed E-state index contributed by atoms with van der Waals surface area (Å²) in [5.74, 6) is 0.870. The van der Waals surface area contributed by atoms with E-state index >= 15 is 0 Å². The van der Waals surface area contributed by atoms with Gasteiger partial charge >= 0.3 is 0 Å². The zero-order chi connectivity index (χ0) is 14.7. The third-order valence-corrected chi connectivity index (χ3v) is 3.81. The summed E-state index contributed by atoms with van der Waals surface area (Å²) in [6.45, 7) is 5.31. The number of fused-ring (bicyclic) bond motifs is 1. The molecule has 20 heavy (non-hydrogen) atoms. The van der Waals surface area contributed by atoms with Gasteiger partial charge in [0.15, 0.2) is 0 Å². The summed E-state index contributed by atoms with van der Waals surface area (Å²) in [7, 11) is 1.99. The van der Waals surface area contributed by atoms with Crippen molar-refractivity contribution in [1.82, 2.24) is 10.2 Å². The quantitative estimate of drug-likeness (QED) is 0.866. The highest BCUT2D eigenvalue weighted by Gasteiger charge is 2.27. The number of aryl methyl sites for hydroxylation is 1. The van der Waals surface area contributed by atoms with Gasteiger partial charge < -0.3 is 10.4 Å². The second kappa shape index (κ2) is 6.27. The molecule has 0 saturated heterocycles. The van der Waals surface area contributed by atoms with Crippen molar-refractivity contribution in [3.63, 3.8) is 0 Å². The van der Waals surface area contributed by atoms with Crippen molar-refractivity contribution < 1.29 is 9.90 Å². The minimum atomic E-state index is 0.0772. The van der Waals surface area contributed by atoms with Crippen LogP contribution in [0.25, 0.3) is 0 Å². The van der Waals surface area contributed by atoms with Gasteiger partial charge in [-0.3, -0.25) is 9.69 Å². The molecule has 0 bridgehead atoms. The van der Waals surface area contributed by atoms with E-state index in [-0.39, 0.29) is 11.9 Å². The molecule has 0 radical (unpaired) electrons. The molecule has 1 unspecified atom stereocenters. The fraction of sp³-hybridized carbons (Fsp3) is 0.562. The van der Waals surface area contributed by atoms with Crippen LogP contribution in [0.2, 0.25) is 0 Å². The highest BCUT2D eigenvalue weighted by atomic mass is 16.3. The molecule has 0 aromatic heterocycles. The van der Waals surface area contributed by atoms with Crippen molar-refractivity contribution in [2.45, 2.75) is 32.7 Å². The zero-order valence-corrected chi connectivity index (χ0v) is 12.5. The van der Waals surface area contributed by atoms with Gasteiger partial charge in [0.25, 0.3) is 0 Å². The van der Waals surface area contributed by atoms with E-state index in [2.05, 4.69) is 24.1 Å². The Hall–Kier alpha value is -1.55. The number of phenols is 1. The maximum absolute atomic E-state index is 11.9. The molecule has 110 valence electrons. The van der Waals surface area contributed by atoms with E-state index in [1.165, 1.54) is 11.1 Å². The maximum Gasteiger partial charge on any atom is 0.234 e. The highest BCUT2D eigenvalue weighted by molar-refractivity contribution is 5.78. The molecule has 0 aliphatic heterocycles. The first-order chi connectivity index (χ1) is 9.47. The summed E-state index contributed by atoms with van der Waals surface area (Å²) < 4.78 is 0. The number of carbonyl (C=O) groups is 1. The van der Waals surface area contributed by atoms with Gasteiger partial charge in [-0.25, -0.2) is 0 Å². The first kappa shape index (κ1) is 14.9. The Kier molecular flexibility index (Phi) is 4.65. The van der Waals surface area contributed by atoms with Gasteiger partial charge in [-0.1, -0.05) is 19.9 Å². The highest BCUT2D eigenvalue weighted by Crippen LogP contribution is 2.36. The minimum Gasteiger partial charge on any atom is -0.508 e. The molecular formula is C16H24N2O2. The number of hydrogen-bond donors (Lipinski definition) is 2. The van der Waals surface area contributed by atoms with Crippen molar-refractivity contribution in [3.05, 3.63) is 29.3 Å². The number of likely N-dealkylation sites (N-methyl/N-ethyl adjacent to an activating group) is 1.